The van der Waals surface area contributed by atoms with Crippen LogP contribution in [0.25, 0.3) is 0 Å². The third kappa shape index (κ3) is 5.88. The van der Waals surface area contributed by atoms with Crippen LogP contribution >= 0.6 is 0 Å². The number of rotatable bonds is 10. The number of hydrogen-bond acceptors (Lipinski definition) is 3. The zero-order valence-electron chi connectivity index (χ0n) is 13.9. The molecule has 21 heavy (non-hydrogen) atoms. The fourth-order valence-corrected chi connectivity index (χ4v) is 2.33. The molecule has 0 aromatic heterocycles. The Hall–Kier alpha value is -1.35. The van der Waals surface area contributed by atoms with E-state index in [1.54, 1.807) is 0 Å². The molecular formula is C18H29NO2. The van der Waals surface area contributed by atoms with E-state index in [9.17, 15) is 4.79 Å². The monoisotopic (exact) mass is 291 g/mol. The van der Waals surface area contributed by atoms with E-state index in [1.165, 1.54) is 12.8 Å². The number of unbranched alkanes of at least 4 members (excludes halogenated alkanes) is 2. The quantitative estimate of drug-likeness (QED) is 0.478. The number of nitrogens with zero attached hydrogens (tertiary/aromatic N) is 1. The molecule has 1 aromatic carbocycles. The molecule has 0 unspecified atom stereocenters. The Labute approximate surface area is 129 Å². The van der Waals surface area contributed by atoms with Gasteiger partial charge in [0.15, 0.2) is 5.78 Å². The summed E-state index contributed by atoms with van der Waals surface area (Å²) in [5.74, 6) is 0.839. The summed E-state index contributed by atoms with van der Waals surface area (Å²) in [6.45, 7) is 10.4. The second-order valence-corrected chi connectivity index (χ2v) is 5.62. The van der Waals surface area contributed by atoms with Gasteiger partial charge in [0.2, 0.25) is 0 Å². The molecule has 3 nitrogen and oxygen atoms in total. The maximum absolute atomic E-state index is 12.6. The molecule has 1 aromatic rings. The molecule has 1 rings (SSSR count). The maximum atomic E-state index is 12.6. The molecule has 118 valence electrons. The first kappa shape index (κ1) is 17.7. The molecule has 0 saturated heterocycles. The minimum absolute atomic E-state index is 0.143. The van der Waals surface area contributed by atoms with Crippen LogP contribution in [0.1, 0.15) is 57.3 Å². The second-order valence-electron chi connectivity index (χ2n) is 5.62. The lowest BCUT2D eigenvalue weighted by Crippen LogP contribution is -2.36. The summed E-state index contributed by atoms with van der Waals surface area (Å²) in [5.41, 5.74) is 0.695. The number of hydrogen-bond donors (Lipinski definition) is 0. The van der Waals surface area contributed by atoms with Gasteiger partial charge in [0.25, 0.3) is 0 Å². The van der Waals surface area contributed by atoms with Gasteiger partial charge < -0.3 is 4.74 Å². The zero-order valence-corrected chi connectivity index (χ0v) is 13.9. The molecule has 0 spiro atoms. The number of Topliss-reactive ketones (excluding diaryl/α,β-unsaturated/α-hetero) is 1. The number of carbonyl (C=O) groups is 1. The summed E-state index contributed by atoms with van der Waals surface area (Å²) in [6.07, 6.45) is 3.56. The van der Waals surface area contributed by atoms with Gasteiger partial charge in [-0.3, -0.25) is 9.69 Å². The van der Waals surface area contributed by atoms with Crippen molar-refractivity contribution in [2.24, 2.45) is 0 Å². The molecule has 0 N–H and O–H groups in total. The van der Waals surface area contributed by atoms with Crippen LogP contribution in [-0.4, -0.2) is 36.4 Å². The van der Waals surface area contributed by atoms with Crippen molar-refractivity contribution in [3.63, 3.8) is 0 Å². The molecule has 0 aliphatic rings. The fourth-order valence-electron chi connectivity index (χ4n) is 2.33. The van der Waals surface area contributed by atoms with E-state index < -0.39 is 0 Å². The number of ether oxygens (including phenoxy) is 1. The van der Waals surface area contributed by atoms with Gasteiger partial charge >= 0.3 is 0 Å². The highest BCUT2D eigenvalue weighted by Crippen LogP contribution is 2.19. The first-order valence-corrected chi connectivity index (χ1v) is 8.09. The SMILES string of the molecule is CCCCCN(CC(=O)c1ccccc1OCC)C(C)C. The van der Waals surface area contributed by atoms with E-state index in [-0.39, 0.29) is 5.78 Å². The summed E-state index contributed by atoms with van der Waals surface area (Å²) in [5, 5.41) is 0. The number of carbonyl (C=O) groups excluding carboxylic acids is 1. The molecule has 0 atom stereocenters. The van der Waals surface area contributed by atoms with Crippen LogP contribution in [0.2, 0.25) is 0 Å². The minimum atomic E-state index is 0.143. The molecule has 0 heterocycles. The van der Waals surface area contributed by atoms with Crippen molar-refractivity contribution in [1.82, 2.24) is 4.90 Å². The lowest BCUT2D eigenvalue weighted by atomic mass is 10.1. The van der Waals surface area contributed by atoms with Crippen LogP contribution in [-0.2, 0) is 0 Å². The van der Waals surface area contributed by atoms with Gasteiger partial charge in [-0.05, 0) is 45.9 Å². The maximum Gasteiger partial charge on any atom is 0.180 e. The highest BCUT2D eigenvalue weighted by atomic mass is 16.5. The van der Waals surface area contributed by atoms with Gasteiger partial charge in [-0.15, -0.1) is 0 Å². The van der Waals surface area contributed by atoms with Crippen LogP contribution in [0.5, 0.6) is 5.75 Å². The largest absolute Gasteiger partial charge is 0.493 e. The molecule has 0 aliphatic carbocycles. The first-order chi connectivity index (χ1) is 10.1. The van der Waals surface area contributed by atoms with Gasteiger partial charge in [-0.2, -0.15) is 0 Å². The summed E-state index contributed by atoms with van der Waals surface area (Å²) in [4.78, 5) is 14.8. The second kappa shape index (κ2) is 9.56. The highest BCUT2D eigenvalue weighted by molar-refractivity contribution is 6.00. The Balaban J connectivity index is 2.72. The molecular weight excluding hydrogens is 262 g/mol. The fraction of sp³-hybridized carbons (Fsp3) is 0.611. The summed E-state index contributed by atoms with van der Waals surface area (Å²) < 4.78 is 5.56. The number of para-hydroxylation sites is 1. The number of benzene rings is 1. The minimum Gasteiger partial charge on any atom is -0.493 e. The highest BCUT2D eigenvalue weighted by Gasteiger charge is 2.17. The van der Waals surface area contributed by atoms with E-state index >= 15 is 0 Å². The first-order valence-electron chi connectivity index (χ1n) is 8.09. The topological polar surface area (TPSA) is 29.5 Å². The molecule has 0 bridgehead atoms. The van der Waals surface area contributed by atoms with Gasteiger partial charge in [0.05, 0.1) is 18.7 Å². The average Bonchev–Trinajstić information content (AvgIpc) is 2.47. The van der Waals surface area contributed by atoms with E-state index in [0.717, 1.165) is 13.0 Å². The molecule has 0 fully saturated rings. The summed E-state index contributed by atoms with van der Waals surface area (Å²) in [6, 6.07) is 7.91. The van der Waals surface area contributed by atoms with Crippen LogP contribution < -0.4 is 4.74 Å². The Morgan fingerprint density at radius 3 is 2.52 bits per heavy atom. The lowest BCUT2D eigenvalue weighted by Gasteiger charge is -2.26. The standard InChI is InChI=1S/C18H29NO2/c1-5-7-10-13-19(15(3)4)14-17(20)16-11-8-9-12-18(16)21-6-2/h8-9,11-12,15H,5-7,10,13-14H2,1-4H3. The molecule has 0 amide bonds. The Morgan fingerprint density at radius 2 is 1.90 bits per heavy atom. The van der Waals surface area contributed by atoms with Crippen LogP contribution in [0.3, 0.4) is 0 Å². The van der Waals surface area contributed by atoms with Crippen molar-refractivity contribution >= 4 is 5.78 Å². The zero-order chi connectivity index (χ0) is 15.7. The lowest BCUT2D eigenvalue weighted by molar-refractivity contribution is 0.0900. The van der Waals surface area contributed by atoms with E-state index in [0.29, 0.717) is 30.5 Å². The van der Waals surface area contributed by atoms with E-state index in [2.05, 4.69) is 25.7 Å². The summed E-state index contributed by atoms with van der Waals surface area (Å²) in [7, 11) is 0. The predicted octanol–water partition coefficient (Wildman–Crippen LogP) is 4.17. The third-order valence-electron chi connectivity index (χ3n) is 3.61. The van der Waals surface area contributed by atoms with Crippen molar-refractivity contribution in [1.29, 1.82) is 0 Å². The van der Waals surface area contributed by atoms with Crippen molar-refractivity contribution in [2.45, 2.75) is 53.0 Å². The van der Waals surface area contributed by atoms with Crippen LogP contribution in [0.4, 0.5) is 0 Å². The smallest absolute Gasteiger partial charge is 0.180 e. The van der Waals surface area contributed by atoms with Crippen LogP contribution in [0.15, 0.2) is 24.3 Å². The Kier molecular flexibility index (Phi) is 8.06. The number of ketones is 1. The van der Waals surface area contributed by atoms with Crippen molar-refractivity contribution < 1.29 is 9.53 Å². The molecule has 0 aliphatic heterocycles. The van der Waals surface area contributed by atoms with Crippen molar-refractivity contribution in [2.75, 3.05) is 19.7 Å². The van der Waals surface area contributed by atoms with Gasteiger partial charge in [-0.1, -0.05) is 31.9 Å². The molecule has 0 saturated carbocycles. The van der Waals surface area contributed by atoms with Gasteiger partial charge in [-0.25, -0.2) is 0 Å². The molecule has 0 radical (unpaired) electrons. The summed E-state index contributed by atoms with van der Waals surface area (Å²) >= 11 is 0. The van der Waals surface area contributed by atoms with Crippen molar-refractivity contribution in [3.05, 3.63) is 29.8 Å². The van der Waals surface area contributed by atoms with Crippen LogP contribution in [0, 0.1) is 0 Å². The average molecular weight is 291 g/mol. The Bertz CT molecular complexity index is 429. The third-order valence-corrected chi connectivity index (χ3v) is 3.61. The normalized spacial score (nSPS) is 11.1. The van der Waals surface area contributed by atoms with Gasteiger partial charge in [0.1, 0.15) is 5.75 Å². The van der Waals surface area contributed by atoms with Crippen molar-refractivity contribution in [3.8, 4) is 5.75 Å². The Morgan fingerprint density at radius 1 is 1.19 bits per heavy atom. The van der Waals surface area contributed by atoms with E-state index in [4.69, 9.17) is 4.74 Å². The van der Waals surface area contributed by atoms with Gasteiger partial charge in [0, 0.05) is 6.04 Å². The molecule has 3 heteroatoms. The predicted molar refractivity (Wildman–Crippen MR) is 88.2 cm³/mol. The van der Waals surface area contributed by atoms with E-state index in [1.807, 2.05) is 31.2 Å².